The van der Waals surface area contributed by atoms with Gasteiger partial charge in [-0.05, 0) is 36.4 Å². The second-order valence-corrected chi connectivity index (χ2v) is 5.83. The Morgan fingerprint density at radius 1 is 0.897 bits per heavy atom. The summed E-state index contributed by atoms with van der Waals surface area (Å²) >= 11 is 0. The van der Waals surface area contributed by atoms with Crippen molar-refractivity contribution in [3.8, 4) is 11.5 Å². The Morgan fingerprint density at radius 3 is 2.28 bits per heavy atom. The minimum Gasteiger partial charge on any atom is -0.497 e. The molecule has 0 heterocycles. The molecule has 0 unspecified atom stereocenters. The number of benzene rings is 2. The van der Waals surface area contributed by atoms with E-state index in [0.717, 1.165) is 0 Å². The predicted octanol–water partition coefficient (Wildman–Crippen LogP) is 2.74. The Labute approximate surface area is 166 Å². The van der Waals surface area contributed by atoms with Gasteiger partial charge in [0.15, 0.2) is 6.61 Å². The van der Waals surface area contributed by atoms with Gasteiger partial charge < -0.3 is 24.8 Å². The van der Waals surface area contributed by atoms with Crippen LogP contribution in [0.3, 0.4) is 0 Å². The molecule has 0 radical (unpaired) electrons. The van der Waals surface area contributed by atoms with Crippen molar-refractivity contribution in [1.29, 1.82) is 0 Å². The summed E-state index contributed by atoms with van der Waals surface area (Å²) in [5.74, 6) is -1.15. The Bertz CT molecular complexity index is 870. The van der Waals surface area contributed by atoms with E-state index >= 15 is 0 Å². The fraction of sp³-hybridized carbons (Fsp3) is 0.250. The lowest BCUT2D eigenvalue weighted by molar-refractivity contribution is -0.147. The number of hydrogen-bond acceptors (Lipinski definition) is 6. The molecule has 0 aliphatic carbocycles. The quantitative estimate of drug-likeness (QED) is 0.623. The van der Waals surface area contributed by atoms with E-state index in [-0.39, 0.29) is 12.8 Å². The van der Waals surface area contributed by atoms with Crippen LogP contribution in [0.15, 0.2) is 42.5 Å². The second kappa shape index (κ2) is 10.6. The van der Waals surface area contributed by atoms with E-state index in [1.807, 2.05) is 0 Å². The topological polar surface area (TPSA) is 103 Å². The normalized spacial score (nSPS) is 10.0. The van der Waals surface area contributed by atoms with Gasteiger partial charge in [-0.15, -0.1) is 0 Å². The molecule has 8 nitrogen and oxygen atoms in total. The minimum absolute atomic E-state index is 0.135. The predicted molar refractivity (Wildman–Crippen MR) is 103 cm³/mol. The number of methoxy groups -OCH3 is 2. The number of nitrogens with one attached hydrogen (secondary N) is 2. The molecule has 154 valence electrons. The number of amides is 2. The van der Waals surface area contributed by atoms with Gasteiger partial charge in [0.25, 0.3) is 5.91 Å². The number of carbonyl (C=O) groups is 3. The Hall–Kier alpha value is -3.62. The van der Waals surface area contributed by atoms with Crippen molar-refractivity contribution in [3.05, 3.63) is 48.3 Å². The zero-order valence-electron chi connectivity index (χ0n) is 16.0. The zero-order valence-corrected chi connectivity index (χ0v) is 16.0. The summed E-state index contributed by atoms with van der Waals surface area (Å²) in [5.41, 5.74) is 0.811. The lowest BCUT2D eigenvalue weighted by Crippen LogP contribution is -2.22. The van der Waals surface area contributed by atoms with E-state index in [1.165, 1.54) is 38.5 Å². The lowest BCUT2D eigenvalue weighted by Gasteiger charge is -2.11. The molecule has 0 aliphatic heterocycles. The second-order valence-electron chi connectivity index (χ2n) is 5.83. The molecule has 0 aromatic heterocycles. The van der Waals surface area contributed by atoms with E-state index in [9.17, 15) is 18.8 Å². The van der Waals surface area contributed by atoms with Crippen LogP contribution in [0.4, 0.5) is 15.8 Å². The van der Waals surface area contributed by atoms with Crippen LogP contribution in [-0.4, -0.2) is 38.6 Å². The molecule has 2 rings (SSSR count). The molecule has 2 N–H and O–H groups in total. The van der Waals surface area contributed by atoms with Gasteiger partial charge in [-0.3, -0.25) is 14.4 Å². The van der Waals surface area contributed by atoms with Gasteiger partial charge in [0.05, 0.1) is 26.3 Å². The van der Waals surface area contributed by atoms with Gasteiger partial charge in [0.2, 0.25) is 5.91 Å². The van der Waals surface area contributed by atoms with Gasteiger partial charge >= 0.3 is 5.97 Å². The Balaban J connectivity index is 1.73. The standard InChI is InChI=1S/C20H21FN2O6/c1-27-15-7-8-16(17(11-15)28-2)23-19(25)12-29-20(26)10-9-18(24)22-14-5-3-13(21)4-6-14/h3-8,11H,9-10,12H2,1-2H3,(H,22,24)(H,23,25). The molecular weight excluding hydrogens is 383 g/mol. The van der Waals surface area contributed by atoms with Crippen molar-refractivity contribution < 1.29 is 33.0 Å². The first-order valence-corrected chi connectivity index (χ1v) is 8.64. The Kier molecular flexibility index (Phi) is 7.96. The maximum Gasteiger partial charge on any atom is 0.306 e. The molecule has 0 fully saturated rings. The van der Waals surface area contributed by atoms with Crippen molar-refractivity contribution in [2.75, 3.05) is 31.5 Å². The summed E-state index contributed by atoms with van der Waals surface area (Å²) < 4.78 is 27.9. The first kappa shape index (κ1) is 21.7. The van der Waals surface area contributed by atoms with Crippen LogP contribution in [0.1, 0.15) is 12.8 Å². The smallest absolute Gasteiger partial charge is 0.306 e. The van der Waals surface area contributed by atoms with Crippen molar-refractivity contribution in [2.45, 2.75) is 12.8 Å². The molecule has 2 aromatic carbocycles. The first-order valence-electron chi connectivity index (χ1n) is 8.64. The average Bonchev–Trinajstić information content (AvgIpc) is 2.72. The van der Waals surface area contributed by atoms with Crippen LogP contribution in [0.5, 0.6) is 11.5 Å². The zero-order chi connectivity index (χ0) is 21.2. The van der Waals surface area contributed by atoms with Crippen molar-refractivity contribution in [1.82, 2.24) is 0 Å². The van der Waals surface area contributed by atoms with Crippen LogP contribution in [0.25, 0.3) is 0 Å². The summed E-state index contributed by atoms with van der Waals surface area (Å²) in [6.45, 7) is -0.506. The molecule has 9 heteroatoms. The molecule has 0 saturated carbocycles. The number of halogens is 1. The molecule has 29 heavy (non-hydrogen) atoms. The summed E-state index contributed by atoms with van der Waals surface area (Å²) in [5, 5.41) is 5.09. The third-order valence-electron chi connectivity index (χ3n) is 3.73. The molecule has 2 amide bonds. The molecule has 2 aromatic rings. The van der Waals surface area contributed by atoms with Gasteiger partial charge in [-0.1, -0.05) is 0 Å². The van der Waals surface area contributed by atoms with Gasteiger partial charge in [0, 0.05) is 18.2 Å². The van der Waals surface area contributed by atoms with E-state index in [1.54, 1.807) is 18.2 Å². The average molecular weight is 404 g/mol. The highest BCUT2D eigenvalue weighted by molar-refractivity contribution is 5.95. The fourth-order valence-corrected chi connectivity index (χ4v) is 2.28. The van der Waals surface area contributed by atoms with Crippen LogP contribution >= 0.6 is 0 Å². The minimum atomic E-state index is -0.698. The van der Waals surface area contributed by atoms with Crippen LogP contribution < -0.4 is 20.1 Å². The highest BCUT2D eigenvalue weighted by Gasteiger charge is 2.13. The first-order chi connectivity index (χ1) is 13.9. The molecule has 0 atom stereocenters. The van der Waals surface area contributed by atoms with Crippen LogP contribution in [-0.2, 0) is 19.1 Å². The maximum atomic E-state index is 12.8. The molecule has 0 saturated heterocycles. The summed E-state index contributed by atoms with van der Waals surface area (Å²) in [6, 6.07) is 10.1. The van der Waals surface area contributed by atoms with E-state index in [2.05, 4.69) is 10.6 Å². The van der Waals surface area contributed by atoms with E-state index < -0.39 is 30.2 Å². The number of carbonyl (C=O) groups excluding carboxylic acids is 3. The molecular formula is C20H21FN2O6. The number of rotatable bonds is 9. The SMILES string of the molecule is COc1ccc(NC(=O)COC(=O)CCC(=O)Nc2ccc(F)cc2)c(OC)c1. The molecule has 0 aliphatic rings. The van der Waals surface area contributed by atoms with Gasteiger partial charge in [-0.2, -0.15) is 0 Å². The van der Waals surface area contributed by atoms with Gasteiger partial charge in [0.1, 0.15) is 17.3 Å². The van der Waals surface area contributed by atoms with Gasteiger partial charge in [-0.25, -0.2) is 4.39 Å². The molecule has 0 bridgehead atoms. The third-order valence-corrected chi connectivity index (χ3v) is 3.73. The van der Waals surface area contributed by atoms with E-state index in [4.69, 9.17) is 14.2 Å². The fourth-order valence-electron chi connectivity index (χ4n) is 2.28. The monoisotopic (exact) mass is 404 g/mol. The Morgan fingerprint density at radius 2 is 1.62 bits per heavy atom. The third kappa shape index (κ3) is 7.13. The largest absolute Gasteiger partial charge is 0.497 e. The van der Waals surface area contributed by atoms with Crippen molar-refractivity contribution in [3.63, 3.8) is 0 Å². The summed E-state index contributed by atoms with van der Waals surface area (Å²) in [4.78, 5) is 35.5. The number of ether oxygens (including phenoxy) is 3. The van der Waals surface area contributed by atoms with Crippen LogP contribution in [0.2, 0.25) is 0 Å². The lowest BCUT2D eigenvalue weighted by atomic mass is 10.2. The van der Waals surface area contributed by atoms with Crippen molar-refractivity contribution >= 4 is 29.2 Å². The maximum absolute atomic E-state index is 12.8. The molecule has 0 spiro atoms. The number of hydrogen-bond donors (Lipinski definition) is 2. The summed E-state index contributed by atoms with van der Waals surface area (Å²) in [7, 11) is 2.95. The number of esters is 1. The highest BCUT2D eigenvalue weighted by atomic mass is 19.1. The van der Waals surface area contributed by atoms with E-state index in [0.29, 0.717) is 22.9 Å². The highest BCUT2D eigenvalue weighted by Crippen LogP contribution is 2.28. The summed E-state index contributed by atoms with van der Waals surface area (Å²) in [6.07, 6.45) is -0.337. The van der Waals surface area contributed by atoms with Crippen LogP contribution in [0, 0.1) is 5.82 Å². The van der Waals surface area contributed by atoms with Crippen molar-refractivity contribution in [2.24, 2.45) is 0 Å². The number of anilines is 2.